The summed E-state index contributed by atoms with van der Waals surface area (Å²) in [6.07, 6.45) is 6.57. The Hall–Kier alpha value is -1.73. The van der Waals surface area contributed by atoms with Crippen molar-refractivity contribution in [3.63, 3.8) is 0 Å². The second-order valence-electron chi connectivity index (χ2n) is 7.86. The average Bonchev–Trinajstić information content (AvgIpc) is 2.68. The first-order chi connectivity index (χ1) is 13.4. The molecule has 0 fully saturated rings. The largest absolute Gasteiger partial charge is 0.252 e. The van der Waals surface area contributed by atoms with Crippen LogP contribution in [0.4, 0.5) is 11.4 Å². The second kappa shape index (κ2) is 12.8. The quantitative estimate of drug-likeness (QED) is 0.281. The molecule has 2 aromatic rings. The molecule has 0 aliphatic carbocycles. The summed E-state index contributed by atoms with van der Waals surface area (Å²) in [5.41, 5.74) is 9.58. The van der Waals surface area contributed by atoms with Crippen LogP contribution in [0, 0.1) is 27.7 Å². The van der Waals surface area contributed by atoms with Crippen molar-refractivity contribution in [1.29, 1.82) is 0 Å². The molecule has 0 radical (unpaired) electrons. The fourth-order valence-corrected chi connectivity index (χ4v) is 3.12. The average molecular weight is 435 g/mol. The Morgan fingerprint density at radius 2 is 1.00 bits per heavy atom. The van der Waals surface area contributed by atoms with Crippen LogP contribution in [0.25, 0.3) is 0 Å². The normalized spacial score (nSPS) is 12.1. The molecular formula is C26H36N2Ni. The van der Waals surface area contributed by atoms with E-state index in [0.717, 1.165) is 61.3 Å². The minimum atomic E-state index is 0. The van der Waals surface area contributed by atoms with Crippen molar-refractivity contribution in [2.45, 2.75) is 80.1 Å². The standard InChI is InChI=1S/C26H36N2.Ni/c1-7-9-11-25(27-23-15-13-19(3)21(5)17-23)26(12-10-8-2)28-24-16-14-20(4)22(6)18-24;/h13-18H,7-12H2,1-6H3;. The topological polar surface area (TPSA) is 24.7 Å². The maximum Gasteiger partial charge on any atom is 0.0636 e. The van der Waals surface area contributed by atoms with Gasteiger partial charge in [0, 0.05) is 16.5 Å². The number of rotatable bonds is 9. The number of unbranched alkanes of at least 4 members (excludes halogenated alkanes) is 2. The van der Waals surface area contributed by atoms with Crippen molar-refractivity contribution in [3.8, 4) is 0 Å². The number of aliphatic imine (C=N–C) groups is 2. The van der Waals surface area contributed by atoms with Gasteiger partial charge in [-0.25, -0.2) is 0 Å². The number of benzene rings is 2. The van der Waals surface area contributed by atoms with Gasteiger partial charge >= 0.3 is 0 Å². The van der Waals surface area contributed by atoms with E-state index >= 15 is 0 Å². The van der Waals surface area contributed by atoms with Gasteiger partial charge in [-0.1, -0.05) is 38.8 Å². The van der Waals surface area contributed by atoms with E-state index in [1.807, 2.05) is 0 Å². The molecule has 0 heterocycles. The third kappa shape index (κ3) is 7.90. The van der Waals surface area contributed by atoms with E-state index in [-0.39, 0.29) is 16.5 Å². The molecule has 3 heteroatoms. The van der Waals surface area contributed by atoms with Gasteiger partial charge in [-0.15, -0.1) is 0 Å². The molecule has 0 amide bonds. The van der Waals surface area contributed by atoms with Crippen LogP contribution in [-0.2, 0) is 16.5 Å². The van der Waals surface area contributed by atoms with E-state index in [9.17, 15) is 0 Å². The molecule has 0 aliphatic rings. The van der Waals surface area contributed by atoms with Crippen LogP contribution in [-0.4, -0.2) is 11.4 Å². The molecule has 160 valence electrons. The van der Waals surface area contributed by atoms with Crippen molar-refractivity contribution < 1.29 is 16.5 Å². The fraction of sp³-hybridized carbons (Fsp3) is 0.462. The SMILES string of the molecule is CCCCC(=Nc1ccc(C)c(C)c1)C(CCCC)=Nc1ccc(C)c(C)c1.[Ni]. The molecule has 2 nitrogen and oxygen atoms in total. The molecular weight excluding hydrogens is 399 g/mol. The van der Waals surface area contributed by atoms with Crippen molar-refractivity contribution >= 4 is 22.8 Å². The van der Waals surface area contributed by atoms with Crippen molar-refractivity contribution in [1.82, 2.24) is 0 Å². The zero-order valence-electron chi connectivity index (χ0n) is 18.9. The van der Waals surface area contributed by atoms with Crippen molar-refractivity contribution in [2.75, 3.05) is 0 Å². The Morgan fingerprint density at radius 3 is 1.31 bits per heavy atom. The Balaban J connectivity index is 0.00000420. The predicted molar refractivity (Wildman–Crippen MR) is 125 cm³/mol. The van der Waals surface area contributed by atoms with Gasteiger partial charge in [0.1, 0.15) is 0 Å². The molecule has 0 aromatic heterocycles. The maximum atomic E-state index is 5.07. The Bertz CT molecular complexity index is 778. The zero-order valence-corrected chi connectivity index (χ0v) is 19.9. The van der Waals surface area contributed by atoms with E-state index in [1.54, 1.807) is 0 Å². The molecule has 0 atom stereocenters. The molecule has 0 aliphatic heterocycles. The van der Waals surface area contributed by atoms with Gasteiger partial charge in [-0.3, -0.25) is 9.98 Å². The van der Waals surface area contributed by atoms with Gasteiger partial charge < -0.3 is 0 Å². The molecule has 0 N–H and O–H groups in total. The van der Waals surface area contributed by atoms with Crippen LogP contribution in [0.3, 0.4) is 0 Å². The molecule has 2 aromatic carbocycles. The third-order valence-electron chi connectivity index (χ3n) is 5.38. The van der Waals surface area contributed by atoms with Gasteiger partial charge in [0.2, 0.25) is 0 Å². The molecule has 0 saturated heterocycles. The first kappa shape index (κ1) is 25.3. The Morgan fingerprint density at radius 1 is 0.621 bits per heavy atom. The number of hydrogen-bond donors (Lipinski definition) is 0. The summed E-state index contributed by atoms with van der Waals surface area (Å²) in [5.74, 6) is 0. The van der Waals surface area contributed by atoms with Crippen LogP contribution < -0.4 is 0 Å². The minimum Gasteiger partial charge on any atom is -0.252 e. The molecule has 29 heavy (non-hydrogen) atoms. The summed E-state index contributed by atoms with van der Waals surface area (Å²) >= 11 is 0. The van der Waals surface area contributed by atoms with E-state index in [4.69, 9.17) is 9.98 Å². The van der Waals surface area contributed by atoms with Crippen LogP contribution in [0.5, 0.6) is 0 Å². The molecule has 2 rings (SSSR count). The third-order valence-corrected chi connectivity index (χ3v) is 5.38. The van der Waals surface area contributed by atoms with E-state index in [1.165, 1.54) is 22.3 Å². The van der Waals surface area contributed by atoms with E-state index in [2.05, 4.69) is 77.9 Å². The molecule has 0 bridgehead atoms. The molecule has 0 spiro atoms. The van der Waals surface area contributed by atoms with Crippen molar-refractivity contribution in [2.24, 2.45) is 9.98 Å². The van der Waals surface area contributed by atoms with Gasteiger partial charge in [0.25, 0.3) is 0 Å². The maximum absolute atomic E-state index is 5.07. The van der Waals surface area contributed by atoms with Crippen LogP contribution in [0.2, 0.25) is 0 Å². The summed E-state index contributed by atoms with van der Waals surface area (Å²) in [4.78, 5) is 10.1. The molecule has 0 unspecified atom stereocenters. The summed E-state index contributed by atoms with van der Waals surface area (Å²) in [6, 6.07) is 13.0. The molecule has 0 saturated carbocycles. The van der Waals surface area contributed by atoms with Crippen LogP contribution in [0.15, 0.2) is 46.4 Å². The van der Waals surface area contributed by atoms with Gasteiger partial charge in [0.15, 0.2) is 0 Å². The first-order valence-electron chi connectivity index (χ1n) is 10.7. The van der Waals surface area contributed by atoms with Gasteiger partial charge in [-0.2, -0.15) is 0 Å². The van der Waals surface area contributed by atoms with Gasteiger partial charge in [-0.05, 0) is 99.9 Å². The minimum absolute atomic E-state index is 0. The summed E-state index contributed by atoms with van der Waals surface area (Å²) in [5, 5.41) is 0. The number of hydrogen-bond acceptors (Lipinski definition) is 2. The second-order valence-corrected chi connectivity index (χ2v) is 7.86. The van der Waals surface area contributed by atoms with E-state index in [0.29, 0.717) is 0 Å². The number of aryl methyl sites for hydroxylation is 4. The summed E-state index contributed by atoms with van der Waals surface area (Å²) in [7, 11) is 0. The summed E-state index contributed by atoms with van der Waals surface area (Å²) in [6.45, 7) is 13.1. The smallest absolute Gasteiger partial charge is 0.0636 e. The zero-order chi connectivity index (χ0) is 20.5. The van der Waals surface area contributed by atoms with Gasteiger partial charge in [0.05, 0.1) is 22.8 Å². The van der Waals surface area contributed by atoms with Crippen LogP contribution in [0.1, 0.15) is 74.6 Å². The first-order valence-corrected chi connectivity index (χ1v) is 10.7. The number of nitrogens with zero attached hydrogens (tertiary/aromatic N) is 2. The predicted octanol–water partition coefficient (Wildman–Crippen LogP) is 8.14. The van der Waals surface area contributed by atoms with Crippen molar-refractivity contribution in [3.05, 3.63) is 58.7 Å². The fourth-order valence-electron chi connectivity index (χ4n) is 3.12. The Labute approximate surface area is 187 Å². The summed E-state index contributed by atoms with van der Waals surface area (Å²) < 4.78 is 0. The van der Waals surface area contributed by atoms with Crippen LogP contribution >= 0.6 is 0 Å². The Kier molecular flexibility index (Phi) is 11.1. The van der Waals surface area contributed by atoms with E-state index < -0.39 is 0 Å². The monoisotopic (exact) mass is 434 g/mol.